The first-order chi connectivity index (χ1) is 12.7. The van der Waals surface area contributed by atoms with Crippen molar-refractivity contribution in [3.8, 4) is 0 Å². The zero-order chi connectivity index (χ0) is 20.1. The van der Waals surface area contributed by atoms with Crippen LogP contribution in [0.3, 0.4) is 0 Å². The van der Waals surface area contributed by atoms with E-state index in [0.29, 0.717) is 5.02 Å². The minimum Gasteiger partial charge on any atom is -0.340 e. The minimum absolute atomic E-state index is 0.633. The molecule has 0 bridgehead atoms. The van der Waals surface area contributed by atoms with Crippen molar-refractivity contribution in [3.05, 3.63) is 69.4 Å². The van der Waals surface area contributed by atoms with Gasteiger partial charge in [-0.15, -0.1) is 0 Å². The summed E-state index contributed by atoms with van der Waals surface area (Å²) in [5, 5.41) is 4.13. The summed E-state index contributed by atoms with van der Waals surface area (Å²) in [5.41, 5.74) is 8.45. The largest absolute Gasteiger partial charge is 0.340 e. The summed E-state index contributed by atoms with van der Waals surface area (Å²) >= 11 is 6.40. The molecule has 142 valence electrons. The van der Waals surface area contributed by atoms with Crippen LogP contribution in [-0.2, 0) is 0 Å². The maximum absolute atomic E-state index is 6.40. The summed E-state index contributed by atoms with van der Waals surface area (Å²) in [6, 6.07) is 10.1. The Bertz CT molecular complexity index is 913. The fraction of sp³-hybridized carbons (Fsp3) is 0.304. The van der Waals surface area contributed by atoms with Gasteiger partial charge in [0.2, 0.25) is 0 Å². The summed E-state index contributed by atoms with van der Waals surface area (Å²) in [6.07, 6.45) is 1.84. The smallest absolute Gasteiger partial charge is 0.135 e. The highest BCUT2D eigenvalue weighted by atomic mass is 35.5. The number of anilines is 1. The topological polar surface area (TPSA) is 36.8 Å². The third-order valence-electron chi connectivity index (χ3n) is 4.40. The minimum atomic E-state index is 0.633. The highest BCUT2D eigenvalue weighted by Crippen LogP contribution is 2.30. The van der Waals surface area contributed by atoms with Crippen LogP contribution in [0.15, 0.2) is 52.1 Å². The van der Waals surface area contributed by atoms with Crippen LogP contribution in [0.1, 0.15) is 43.0 Å². The average Bonchev–Trinajstić information content (AvgIpc) is 2.59. The molecule has 0 aliphatic heterocycles. The summed E-state index contributed by atoms with van der Waals surface area (Å²) < 4.78 is 0. The number of aryl methyl sites for hydroxylation is 4. The van der Waals surface area contributed by atoms with E-state index in [0.717, 1.165) is 34.1 Å². The Balaban J connectivity index is 2.57. The van der Waals surface area contributed by atoms with E-state index in [4.69, 9.17) is 16.6 Å². The van der Waals surface area contributed by atoms with Crippen molar-refractivity contribution in [3.63, 3.8) is 0 Å². The van der Waals surface area contributed by atoms with Gasteiger partial charge in [-0.05, 0) is 82.9 Å². The quantitative estimate of drug-likeness (QED) is 0.445. The van der Waals surface area contributed by atoms with Gasteiger partial charge < -0.3 is 5.32 Å². The molecule has 0 atom stereocenters. The van der Waals surface area contributed by atoms with Crippen LogP contribution in [-0.4, -0.2) is 11.5 Å². The van der Waals surface area contributed by atoms with Crippen LogP contribution < -0.4 is 5.32 Å². The Hall–Kier alpha value is -2.39. The van der Waals surface area contributed by atoms with Crippen molar-refractivity contribution in [2.75, 3.05) is 5.32 Å². The molecule has 0 aromatic heterocycles. The van der Waals surface area contributed by atoms with E-state index in [9.17, 15) is 0 Å². The van der Waals surface area contributed by atoms with Crippen molar-refractivity contribution in [2.45, 2.75) is 48.5 Å². The lowest BCUT2D eigenvalue weighted by Gasteiger charge is -2.15. The Labute approximate surface area is 167 Å². The van der Waals surface area contributed by atoms with E-state index in [1.807, 2.05) is 52.1 Å². The molecule has 0 saturated carbocycles. The molecule has 0 spiro atoms. The third kappa shape index (κ3) is 5.54. The van der Waals surface area contributed by atoms with Crippen molar-refractivity contribution in [2.24, 2.45) is 9.98 Å². The van der Waals surface area contributed by atoms with Gasteiger partial charge in [-0.1, -0.05) is 29.8 Å². The number of nitrogens with zero attached hydrogens (tertiary/aromatic N) is 2. The lowest BCUT2D eigenvalue weighted by Crippen LogP contribution is -2.14. The van der Waals surface area contributed by atoms with E-state index in [1.165, 1.54) is 16.7 Å². The second-order valence-electron chi connectivity index (χ2n) is 7.13. The Kier molecular flexibility index (Phi) is 6.98. The number of para-hydroxylation sites is 1. The number of hydrogen-bond donors (Lipinski definition) is 1. The molecule has 0 saturated heterocycles. The summed E-state index contributed by atoms with van der Waals surface area (Å²) in [4.78, 5) is 9.29. The molecular weight excluding hydrogens is 354 g/mol. The van der Waals surface area contributed by atoms with Gasteiger partial charge in [-0.25, -0.2) is 4.99 Å². The number of aliphatic imine (C=N–C) groups is 2. The van der Waals surface area contributed by atoms with Gasteiger partial charge in [-0.3, -0.25) is 4.99 Å². The van der Waals surface area contributed by atoms with Crippen molar-refractivity contribution in [1.82, 2.24) is 0 Å². The van der Waals surface area contributed by atoms with Crippen LogP contribution in [0, 0.1) is 27.7 Å². The predicted molar refractivity (Wildman–Crippen MR) is 120 cm³/mol. The number of rotatable bonds is 4. The molecule has 0 unspecified atom stereocenters. The van der Waals surface area contributed by atoms with Gasteiger partial charge >= 0.3 is 0 Å². The molecule has 1 N–H and O–H groups in total. The van der Waals surface area contributed by atoms with E-state index >= 15 is 0 Å². The molecule has 0 radical (unpaired) electrons. The number of halogens is 1. The number of benzene rings is 2. The Morgan fingerprint density at radius 3 is 2.22 bits per heavy atom. The Morgan fingerprint density at radius 1 is 0.926 bits per heavy atom. The molecule has 0 fully saturated rings. The van der Waals surface area contributed by atoms with E-state index in [-0.39, 0.29) is 0 Å². The lowest BCUT2D eigenvalue weighted by atomic mass is 10.0. The number of amidine groups is 1. The molecule has 0 aliphatic carbocycles. The number of hydrogen-bond acceptors (Lipinski definition) is 2. The van der Waals surface area contributed by atoms with Crippen molar-refractivity contribution < 1.29 is 0 Å². The van der Waals surface area contributed by atoms with Gasteiger partial charge in [0.25, 0.3) is 0 Å². The van der Waals surface area contributed by atoms with Crippen LogP contribution >= 0.6 is 11.6 Å². The van der Waals surface area contributed by atoms with E-state index < -0.39 is 0 Å². The summed E-state index contributed by atoms with van der Waals surface area (Å²) in [7, 11) is 0. The molecule has 2 aromatic carbocycles. The predicted octanol–water partition coefficient (Wildman–Crippen LogP) is 7.10. The first-order valence-corrected chi connectivity index (χ1v) is 9.43. The van der Waals surface area contributed by atoms with Crippen molar-refractivity contribution >= 4 is 34.5 Å². The molecule has 0 heterocycles. The van der Waals surface area contributed by atoms with Crippen LogP contribution in [0.4, 0.5) is 11.4 Å². The number of nitrogens with one attached hydrogen (secondary N) is 1. The maximum atomic E-state index is 6.40. The standard InChI is InChI=1S/C23H28ClN3/c1-14(2)25-13-19(7)23(27-22-15(3)9-8-10-20(22)24)26-21-12-17(5)16(4)11-18(21)6/h8-13H,1-7H3,(H,26,27)/b19-13+. The van der Waals surface area contributed by atoms with Crippen LogP contribution in [0.25, 0.3) is 0 Å². The van der Waals surface area contributed by atoms with Crippen molar-refractivity contribution in [1.29, 1.82) is 0 Å². The Morgan fingerprint density at radius 2 is 1.59 bits per heavy atom. The molecular formula is C23H28ClN3. The zero-order valence-electron chi connectivity index (χ0n) is 17.2. The highest BCUT2D eigenvalue weighted by molar-refractivity contribution is 6.33. The molecule has 0 aliphatic rings. The summed E-state index contributed by atoms with van der Waals surface area (Å²) in [6.45, 7) is 14.3. The molecule has 2 rings (SSSR count). The molecule has 2 aromatic rings. The monoisotopic (exact) mass is 381 g/mol. The SMILES string of the molecule is CC(C)=N/C=C(\C)C(=Nc1c(C)cccc1Cl)Nc1cc(C)c(C)cc1C. The van der Waals surface area contributed by atoms with E-state index in [2.05, 4.69) is 43.2 Å². The lowest BCUT2D eigenvalue weighted by molar-refractivity contribution is 1.29. The molecule has 0 amide bonds. The highest BCUT2D eigenvalue weighted by Gasteiger charge is 2.10. The maximum Gasteiger partial charge on any atom is 0.135 e. The van der Waals surface area contributed by atoms with Crippen LogP contribution in [0.5, 0.6) is 0 Å². The second kappa shape index (κ2) is 9.01. The second-order valence-corrected chi connectivity index (χ2v) is 7.54. The van der Waals surface area contributed by atoms with E-state index in [1.54, 1.807) is 0 Å². The van der Waals surface area contributed by atoms with Crippen LogP contribution in [0.2, 0.25) is 5.02 Å². The molecule has 4 heteroatoms. The van der Waals surface area contributed by atoms with Gasteiger partial charge in [0.15, 0.2) is 0 Å². The third-order valence-corrected chi connectivity index (χ3v) is 4.70. The molecule has 3 nitrogen and oxygen atoms in total. The first kappa shape index (κ1) is 20.9. The van der Waals surface area contributed by atoms with Gasteiger partial charge in [0.1, 0.15) is 5.84 Å². The van der Waals surface area contributed by atoms with Gasteiger partial charge in [-0.2, -0.15) is 0 Å². The summed E-state index contributed by atoms with van der Waals surface area (Å²) in [5.74, 6) is 0.738. The zero-order valence-corrected chi connectivity index (χ0v) is 18.0. The fourth-order valence-electron chi connectivity index (χ4n) is 2.60. The fourth-order valence-corrected chi connectivity index (χ4v) is 2.87. The first-order valence-electron chi connectivity index (χ1n) is 9.06. The van der Waals surface area contributed by atoms with Gasteiger partial charge in [0.05, 0.1) is 10.7 Å². The molecule has 27 heavy (non-hydrogen) atoms. The van der Waals surface area contributed by atoms with Gasteiger partial charge in [0, 0.05) is 23.2 Å². The average molecular weight is 382 g/mol. The normalized spacial score (nSPS) is 12.1.